The first-order valence-electron chi connectivity index (χ1n) is 7.20. The zero-order chi connectivity index (χ0) is 12.1. The highest BCUT2D eigenvalue weighted by Crippen LogP contribution is 2.30. The summed E-state index contributed by atoms with van der Waals surface area (Å²) in [5.74, 6) is 0. The van der Waals surface area contributed by atoms with Crippen LogP contribution in [-0.2, 0) is 0 Å². The molecule has 0 amide bonds. The number of nitrogens with one attached hydrogen (secondary N) is 1. The van der Waals surface area contributed by atoms with E-state index in [0.29, 0.717) is 6.04 Å². The summed E-state index contributed by atoms with van der Waals surface area (Å²) in [6.45, 7) is 0.818. The zero-order valence-electron chi connectivity index (χ0n) is 11.1. The lowest BCUT2D eigenvalue weighted by atomic mass is 9.84. The highest BCUT2D eigenvalue weighted by atomic mass is 32.2. The number of hydrogen-bond acceptors (Lipinski definition) is 3. The summed E-state index contributed by atoms with van der Waals surface area (Å²) in [5, 5.41) is 14.9. The lowest BCUT2D eigenvalue weighted by Crippen LogP contribution is -2.47. The average Bonchev–Trinajstić information content (AvgIpc) is 2.38. The third kappa shape index (κ3) is 4.15. The Morgan fingerprint density at radius 2 is 1.94 bits per heavy atom. The van der Waals surface area contributed by atoms with Crippen molar-refractivity contribution in [1.82, 2.24) is 5.32 Å². The van der Waals surface area contributed by atoms with Gasteiger partial charge in [0, 0.05) is 17.8 Å². The fraction of sp³-hybridized carbons (Fsp3) is 1.00. The van der Waals surface area contributed by atoms with E-state index < -0.39 is 5.60 Å². The Morgan fingerprint density at radius 3 is 2.65 bits per heavy atom. The molecular weight excluding hydrogens is 230 g/mol. The quantitative estimate of drug-likeness (QED) is 0.812. The Hall–Kier alpha value is 0.270. The second-order valence-electron chi connectivity index (χ2n) is 5.89. The van der Waals surface area contributed by atoms with Crippen LogP contribution in [0.1, 0.15) is 57.8 Å². The van der Waals surface area contributed by atoms with Crippen molar-refractivity contribution in [2.24, 2.45) is 0 Å². The van der Waals surface area contributed by atoms with Gasteiger partial charge < -0.3 is 10.4 Å². The monoisotopic (exact) mass is 257 g/mol. The molecule has 0 aliphatic heterocycles. The zero-order valence-corrected chi connectivity index (χ0v) is 11.9. The molecule has 0 radical (unpaired) electrons. The summed E-state index contributed by atoms with van der Waals surface area (Å²) in [6, 6.07) is 0.646. The van der Waals surface area contributed by atoms with Crippen LogP contribution in [0.5, 0.6) is 0 Å². The van der Waals surface area contributed by atoms with Crippen LogP contribution in [0.15, 0.2) is 0 Å². The second-order valence-corrected chi connectivity index (χ2v) is 7.03. The molecular formula is C14H27NOS. The van der Waals surface area contributed by atoms with Gasteiger partial charge in [0.05, 0.1) is 5.60 Å². The van der Waals surface area contributed by atoms with E-state index in [1.54, 1.807) is 0 Å². The highest BCUT2D eigenvalue weighted by molar-refractivity contribution is 7.99. The molecule has 2 N–H and O–H groups in total. The van der Waals surface area contributed by atoms with Crippen LogP contribution >= 0.6 is 11.8 Å². The largest absolute Gasteiger partial charge is 0.389 e. The van der Waals surface area contributed by atoms with Crippen LogP contribution in [-0.4, -0.2) is 34.8 Å². The van der Waals surface area contributed by atoms with Gasteiger partial charge in [-0.25, -0.2) is 0 Å². The molecule has 2 unspecified atom stereocenters. The SMILES string of the molecule is CSC1CCCC(NCC2(O)CCCCC2)C1. The normalized spacial score (nSPS) is 33.5. The Morgan fingerprint density at radius 1 is 1.18 bits per heavy atom. The molecule has 2 saturated carbocycles. The van der Waals surface area contributed by atoms with Gasteiger partial charge in [0.15, 0.2) is 0 Å². The van der Waals surface area contributed by atoms with Gasteiger partial charge in [-0.2, -0.15) is 11.8 Å². The van der Waals surface area contributed by atoms with E-state index in [9.17, 15) is 5.11 Å². The van der Waals surface area contributed by atoms with Gasteiger partial charge >= 0.3 is 0 Å². The van der Waals surface area contributed by atoms with Crippen molar-refractivity contribution in [2.75, 3.05) is 12.8 Å². The minimum absolute atomic E-state index is 0.398. The van der Waals surface area contributed by atoms with Crippen LogP contribution in [0.25, 0.3) is 0 Å². The van der Waals surface area contributed by atoms with E-state index in [1.165, 1.54) is 44.9 Å². The van der Waals surface area contributed by atoms with Crippen LogP contribution in [0.4, 0.5) is 0 Å². The maximum Gasteiger partial charge on any atom is 0.0771 e. The number of rotatable bonds is 4. The van der Waals surface area contributed by atoms with E-state index >= 15 is 0 Å². The van der Waals surface area contributed by atoms with Gasteiger partial charge in [0.25, 0.3) is 0 Å². The molecule has 2 fully saturated rings. The Labute approximate surface area is 110 Å². The summed E-state index contributed by atoms with van der Waals surface area (Å²) < 4.78 is 0. The first-order valence-corrected chi connectivity index (χ1v) is 8.49. The van der Waals surface area contributed by atoms with E-state index in [4.69, 9.17) is 0 Å². The predicted molar refractivity (Wildman–Crippen MR) is 75.6 cm³/mol. The van der Waals surface area contributed by atoms with Crippen molar-refractivity contribution in [3.05, 3.63) is 0 Å². The number of aliphatic hydroxyl groups is 1. The van der Waals surface area contributed by atoms with Crippen LogP contribution < -0.4 is 5.32 Å². The lowest BCUT2D eigenvalue weighted by molar-refractivity contribution is 0.00177. The average molecular weight is 257 g/mol. The molecule has 0 bridgehead atoms. The van der Waals surface area contributed by atoms with Gasteiger partial charge in [0.2, 0.25) is 0 Å². The minimum atomic E-state index is -0.398. The fourth-order valence-electron chi connectivity index (χ4n) is 3.27. The molecule has 0 saturated heterocycles. The highest BCUT2D eigenvalue weighted by Gasteiger charge is 2.30. The Bertz CT molecular complexity index is 228. The molecule has 0 aromatic heterocycles. The Balaban J connectivity index is 1.73. The molecule has 2 nitrogen and oxygen atoms in total. The standard InChI is InChI=1S/C14H27NOS/c1-17-13-7-5-6-12(10-13)15-11-14(16)8-3-2-4-9-14/h12-13,15-16H,2-11H2,1H3. The number of hydrogen-bond donors (Lipinski definition) is 2. The molecule has 3 heteroatoms. The van der Waals surface area contributed by atoms with Crippen molar-refractivity contribution in [3.8, 4) is 0 Å². The first-order chi connectivity index (χ1) is 8.22. The summed E-state index contributed by atoms with van der Waals surface area (Å²) in [5.41, 5.74) is -0.398. The van der Waals surface area contributed by atoms with Crippen molar-refractivity contribution in [2.45, 2.75) is 74.7 Å². The van der Waals surface area contributed by atoms with Gasteiger partial charge in [0.1, 0.15) is 0 Å². The van der Waals surface area contributed by atoms with E-state index in [1.807, 2.05) is 11.8 Å². The van der Waals surface area contributed by atoms with Crippen molar-refractivity contribution >= 4 is 11.8 Å². The van der Waals surface area contributed by atoms with E-state index in [-0.39, 0.29) is 0 Å². The molecule has 2 atom stereocenters. The van der Waals surface area contributed by atoms with Crippen LogP contribution in [0.2, 0.25) is 0 Å². The second kappa shape index (κ2) is 6.44. The van der Waals surface area contributed by atoms with Gasteiger partial charge in [-0.1, -0.05) is 25.7 Å². The molecule has 0 spiro atoms. The molecule has 2 aliphatic carbocycles. The summed E-state index contributed by atoms with van der Waals surface area (Å²) in [4.78, 5) is 0. The van der Waals surface area contributed by atoms with Crippen molar-refractivity contribution in [3.63, 3.8) is 0 Å². The van der Waals surface area contributed by atoms with Crippen molar-refractivity contribution < 1.29 is 5.11 Å². The molecule has 0 heterocycles. The molecule has 2 aliphatic rings. The molecule has 100 valence electrons. The van der Waals surface area contributed by atoms with Gasteiger partial charge in [-0.15, -0.1) is 0 Å². The van der Waals surface area contributed by atoms with Crippen LogP contribution in [0.3, 0.4) is 0 Å². The molecule has 17 heavy (non-hydrogen) atoms. The third-order valence-electron chi connectivity index (χ3n) is 4.46. The molecule has 0 aromatic rings. The summed E-state index contributed by atoms with van der Waals surface area (Å²) >= 11 is 2.01. The smallest absolute Gasteiger partial charge is 0.0771 e. The van der Waals surface area contributed by atoms with Gasteiger partial charge in [-0.05, 0) is 38.4 Å². The third-order valence-corrected chi connectivity index (χ3v) is 5.56. The molecule has 0 aromatic carbocycles. The first kappa shape index (κ1) is 13.7. The summed E-state index contributed by atoms with van der Waals surface area (Å²) in [6.07, 6.45) is 13.3. The minimum Gasteiger partial charge on any atom is -0.389 e. The summed E-state index contributed by atoms with van der Waals surface area (Å²) in [7, 11) is 0. The van der Waals surface area contributed by atoms with Crippen molar-refractivity contribution in [1.29, 1.82) is 0 Å². The lowest BCUT2D eigenvalue weighted by Gasteiger charge is -2.36. The topological polar surface area (TPSA) is 32.3 Å². The van der Waals surface area contributed by atoms with Crippen LogP contribution in [0, 0.1) is 0 Å². The maximum absolute atomic E-state index is 10.5. The van der Waals surface area contributed by atoms with E-state index in [0.717, 1.165) is 24.6 Å². The fourth-order valence-corrected chi connectivity index (χ4v) is 4.09. The number of thioether (sulfide) groups is 1. The Kier molecular flexibility index (Phi) is 5.19. The van der Waals surface area contributed by atoms with Gasteiger partial charge in [-0.3, -0.25) is 0 Å². The molecule has 2 rings (SSSR count). The predicted octanol–water partition coefficient (Wildman–Crippen LogP) is 2.95. The van der Waals surface area contributed by atoms with E-state index in [2.05, 4.69) is 11.6 Å². The maximum atomic E-state index is 10.5.